The van der Waals surface area contributed by atoms with Gasteiger partial charge >= 0.3 is 5.97 Å². The van der Waals surface area contributed by atoms with Gasteiger partial charge in [0.25, 0.3) is 5.91 Å². The third-order valence-corrected chi connectivity index (χ3v) is 3.33. The number of rotatable bonds is 4. The molecule has 0 saturated carbocycles. The van der Waals surface area contributed by atoms with E-state index in [0.717, 1.165) is 11.6 Å². The number of anilines is 1. The third-order valence-electron chi connectivity index (χ3n) is 2.43. The quantitative estimate of drug-likeness (QED) is 0.848. The van der Waals surface area contributed by atoms with Crippen LogP contribution < -0.4 is 5.32 Å². The van der Waals surface area contributed by atoms with Crippen LogP contribution in [0, 0.1) is 6.92 Å². The minimum absolute atomic E-state index is 0.269. The first kappa shape index (κ1) is 14.0. The van der Waals surface area contributed by atoms with Gasteiger partial charge in [-0.2, -0.15) is 0 Å². The smallest absolute Gasteiger partial charge is 0.328 e. The summed E-state index contributed by atoms with van der Waals surface area (Å²) in [5.74, 6) is -0.800. The molecule has 0 unspecified atom stereocenters. The highest BCUT2D eigenvalue weighted by atomic mass is 32.1. The molecule has 1 amide bonds. The number of carboxylic acid groups (broad SMARTS) is 1. The number of nitrogens with zero attached hydrogens (tertiary/aromatic N) is 1. The summed E-state index contributed by atoms with van der Waals surface area (Å²) in [5, 5.41) is 12.9. The highest BCUT2D eigenvalue weighted by Gasteiger charge is 2.09. The van der Waals surface area contributed by atoms with Crippen molar-refractivity contribution in [2.24, 2.45) is 0 Å². The number of pyridine rings is 1. The fourth-order valence-corrected chi connectivity index (χ4v) is 2.29. The van der Waals surface area contributed by atoms with Crippen molar-refractivity contribution in [2.75, 3.05) is 5.32 Å². The average Bonchev–Trinajstić information content (AvgIpc) is 2.85. The summed E-state index contributed by atoms with van der Waals surface area (Å²) in [6, 6.07) is 5.25. The molecule has 0 aliphatic heterocycles. The van der Waals surface area contributed by atoms with E-state index >= 15 is 0 Å². The Morgan fingerprint density at radius 3 is 2.90 bits per heavy atom. The molecule has 5 nitrogen and oxygen atoms in total. The molecule has 2 aromatic rings. The van der Waals surface area contributed by atoms with Crippen LogP contribution in [0.15, 0.2) is 35.9 Å². The molecule has 102 valence electrons. The minimum Gasteiger partial charge on any atom is -0.478 e. The molecule has 2 aromatic heterocycles. The molecule has 6 heteroatoms. The van der Waals surface area contributed by atoms with Crippen LogP contribution in [0.2, 0.25) is 0 Å². The van der Waals surface area contributed by atoms with E-state index in [0.29, 0.717) is 16.3 Å². The molecule has 2 heterocycles. The molecule has 0 atom stereocenters. The number of hydrogen-bond acceptors (Lipinski definition) is 4. The zero-order valence-electron chi connectivity index (χ0n) is 10.7. The van der Waals surface area contributed by atoms with Crippen LogP contribution in [0.5, 0.6) is 0 Å². The van der Waals surface area contributed by atoms with Crippen LogP contribution in [-0.4, -0.2) is 22.0 Å². The van der Waals surface area contributed by atoms with Gasteiger partial charge in [0.2, 0.25) is 0 Å². The maximum Gasteiger partial charge on any atom is 0.328 e. The number of nitrogens with one attached hydrogen (secondary N) is 1. The summed E-state index contributed by atoms with van der Waals surface area (Å²) in [4.78, 5) is 27.2. The number of amides is 1. The topological polar surface area (TPSA) is 79.3 Å². The van der Waals surface area contributed by atoms with E-state index in [2.05, 4.69) is 10.3 Å². The van der Waals surface area contributed by atoms with Gasteiger partial charge in [-0.05, 0) is 36.8 Å². The van der Waals surface area contributed by atoms with Gasteiger partial charge < -0.3 is 10.4 Å². The number of aryl methyl sites for hydroxylation is 1. The molecule has 0 saturated heterocycles. The lowest BCUT2D eigenvalue weighted by atomic mass is 10.2. The normalized spacial score (nSPS) is 10.7. The number of carbonyl (C=O) groups is 2. The second-order valence-corrected chi connectivity index (χ2v) is 5.02. The summed E-state index contributed by atoms with van der Waals surface area (Å²) >= 11 is 1.30. The zero-order chi connectivity index (χ0) is 14.5. The van der Waals surface area contributed by atoms with E-state index in [1.165, 1.54) is 17.4 Å². The number of aliphatic carboxylic acids is 1. The molecule has 0 bridgehead atoms. The predicted octanol–water partition coefficient (Wildman–Crippen LogP) is 2.80. The highest BCUT2D eigenvalue weighted by Crippen LogP contribution is 2.17. The van der Waals surface area contributed by atoms with E-state index in [4.69, 9.17) is 5.11 Å². The van der Waals surface area contributed by atoms with Crippen LogP contribution in [0.1, 0.15) is 20.8 Å². The van der Waals surface area contributed by atoms with Crippen molar-refractivity contribution in [2.45, 2.75) is 6.92 Å². The van der Waals surface area contributed by atoms with Crippen molar-refractivity contribution >= 4 is 35.1 Å². The minimum atomic E-state index is -1.02. The Kier molecular flexibility index (Phi) is 4.27. The summed E-state index contributed by atoms with van der Waals surface area (Å²) in [6.07, 6.45) is 4.11. The summed E-state index contributed by atoms with van der Waals surface area (Å²) in [6.45, 7) is 1.91. The zero-order valence-corrected chi connectivity index (χ0v) is 11.5. The predicted molar refractivity (Wildman–Crippen MR) is 77.9 cm³/mol. The molecular weight excluding hydrogens is 276 g/mol. The van der Waals surface area contributed by atoms with Gasteiger partial charge in [0, 0.05) is 22.5 Å². The second kappa shape index (κ2) is 6.12. The lowest BCUT2D eigenvalue weighted by Gasteiger charge is -2.02. The van der Waals surface area contributed by atoms with Crippen LogP contribution in [0.25, 0.3) is 6.08 Å². The molecule has 0 aliphatic carbocycles. The molecule has 0 fully saturated rings. The lowest BCUT2D eigenvalue weighted by Crippen LogP contribution is -2.11. The molecule has 0 spiro atoms. The first-order valence-electron chi connectivity index (χ1n) is 5.78. The van der Waals surface area contributed by atoms with Gasteiger partial charge in [0.05, 0.1) is 5.56 Å². The highest BCUT2D eigenvalue weighted by molar-refractivity contribution is 7.11. The first-order valence-corrected chi connectivity index (χ1v) is 6.66. The van der Waals surface area contributed by atoms with Gasteiger partial charge in [-0.25, -0.2) is 9.78 Å². The second-order valence-electron chi connectivity index (χ2n) is 4.08. The van der Waals surface area contributed by atoms with Crippen LogP contribution in [0.4, 0.5) is 5.82 Å². The monoisotopic (exact) mass is 288 g/mol. The summed E-state index contributed by atoms with van der Waals surface area (Å²) in [7, 11) is 0. The molecule has 0 radical (unpaired) electrons. The van der Waals surface area contributed by atoms with Crippen LogP contribution >= 0.6 is 11.3 Å². The van der Waals surface area contributed by atoms with Gasteiger partial charge in [-0.3, -0.25) is 4.79 Å². The van der Waals surface area contributed by atoms with Crippen molar-refractivity contribution in [1.29, 1.82) is 0 Å². The summed E-state index contributed by atoms with van der Waals surface area (Å²) in [5.41, 5.74) is 1.48. The standard InChI is InChI=1S/C14H12N2O3S/c1-9-4-5-15-12(6-9)16-14(19)10-7-11(20-8-10)2-3-13(17)18/h2-8H,1H3,(H,17,18)(H,15,16,19). The van der Waals surface area contributed by atoms with Gasteiger partial charge in [-0.15, -0.1) is 11.3 Å². The van der Waals surface area contributed by atoms with E-state index in [-0.39, 0.29) is 5.91 Å². The molecule has 20 heavy (non-hydrogen) atoms. The molecule has 2 N–H and O–H groups in total. The number of hydrogen-bond donors (Lipinski definition) is 2. The Hall–Kier alpha value is -2.47. The van der Waals surface area contributed by atoms with Crippen LogP contribution in [-0.2, 0) is 4.79 Å². The number of aromatic nitrogens is 1. The Bertz CT molecular complexity index is 677. The fraction of sp³-hybridized carbons (Fsp3) is 0.0714. The van der Waals surface area contributed by atoms with Crippen LogP contribution in [0.3, 0.4) is 0 Å². The SMILES string of the molecule is Cc1ccnc(NC(=O)c2csc(C=CC(=O)O)c2)c1. The summed E-state index contributed by atoms with van der Waals surface area (Å²) < 4.78 is 0. The molecular formula is C14H12N2O3S. The Balaban J connectivity index is 2.08. The first-order chi connectivity index (χ1) is 9.54. The van der Waals surface area contributed by atoms with E-state index < -0.39 is 5.97 Å². The average molecular weight is 288 g/mol. The van der Waals surface area contributed by atoms with E-state index in [1.54, 1.807) is 23.7 Å². The molecule has 2 rings (SSSR count). The maximum absolute atomic E-state index is 12.0. The number of carboxylic acids is 1. The Morgan fingerprint density at radius 1 is 1.40 bits per heavy atom. The Morgan fingerprint density at radius 2 is 2.20 bits per heavy atom. The van der Waals surface area contributed by atoms with Crippen molar-refractivity contribution in [3.8, 4) is 0 Å². The van der Waals surface area contributed by atoms with Crippen molar-refractivity contribution in [1.82, 2.24) is 4.98 Å². The Labute approximate surface area is 119 Å². The third kappa shape index (κ3) is 3.76. The molecule has 0 aliphatic rings. The van der Waals surface area contributed by atoms with Crippen molar-refractivity contribution in [3.63, 3.8) is 0 Å². The fourth-order valence-electron chi connectivity index (χ4n) is 1.51. The molecule has 0 aromatic carbocycles. The van der Waals surface area contributed by atoms with Crippen molar-refractivity contribution in [3.05, 3.63) is 51.9 Å². The number of carbonyl (C=O) groups excluding carboxylic acids is 1. The van der Waals surface area contributed by atoms with Gasteiger partial charge in [-0.1, -0.05) is 0 Å². The largest absolute Gasteiger partial charge is 0.478 e. The van der Waals surface area contributed by atoms with Gasteiger partial charge in [0.15, 0.2) is 0 Å². The lowest BCUT2D eigenvalue weighted by molar-refractivity contribution is -0.131. The van der Waals surface area contributed by atoms with E-state index in [1.807, 2.05) is 13.0 Å². The number of thiophene rings is 1. The van der Waals surface area contributed by atoms with E-state index in [9.17, 15) is 9.59 Å². The maximum atomic E-state index is 12.0. The van der Waals surface area contributed by atoms with Crippen molar-refractivity contribution < 1.29 is 14.7 Å². The van der Waals surface area contributed by atoms with Gasteiger partial charge in [0.1, 0.15) is 5.82 Å².